The Labute approximate surface area is 66.0 Å². The van der Waals surface area contributed by atoms with Crippen LogP contribution >= 0.6 is 0 Å². The Kier molecular flexibility index (Phi) is 1.51. The third kappa shape index (κ3) is 0.993. The fourth-order valence-corrected chi connectivity index (χ4v) is 2.23. The summed E-state index contributed by atoms with van der Waals surface area (Å²) in [4.78, 5) is 13.2. The first-order chi connectivity index (χ1) is 5.18. The molecule has 0 spiro atoms. The van der Waals surface area contributed by atoms with Gasteiger partial charge in [-0.15, -0.1) is 0 Å². The average Bonchev–Trinajstić information content (AvgIpc) is 2.17. The van der Waals surface area contributed by atoms with Crippen LogP contribution in [-0.2, 0) is 4.79 Å². The summed E-state index contributed by atoms with van der Waals surface area (Å²) in [5, 5.41) is 9.49. The minimum Gasteiger partial charge on any atom is -0.391 e. The van der Waals surface area contributed by atoms with Crippen molar-refractivity contribution >= 4 is 5.78 Å². The number of likely N-dealkylation sites (N-methyl/N-ethyl adjacent to an activating group) is 1. The van der Waals surface area contributed by atoms with E-state index in [0.717, 1.165) is 6.42 Å². The molecule has 1 N–H and O–H groups in total. The monoisotopic (exact) mass is 155 g/mol. The molecule has 2 heterocycles. The predicted molar refractivity (Wildman–Crippen MR) is 40.2 cm³/mol. The van der Waals surface area contributed by atoms with Crippen LogP contribution in [0.1, 0.15) is 19.3 Å². The quantitative estimate of drug-likeness (QED) is 0.526. The fourth-order valence-electron chi connectivity index (χ4n) is 2.23. The Hall–Kier alpha value is -0.410. The van der Waals surface area contributed by atoms with Crippen LogP contribution in [0.5, 0.6) is 0 Å². The van der Waals surface area contributed by atoms with Crippen molar-refractivity contribution in [2.24, 2.45) is 0 Å². The molecule has 2 aliphatic heterocycles. The molecule has 2 fully saturated rings. The van der Waals surface area contributed by atoms with Gasteiger partial charge in [0.1, 0.15) is 5.78 Å². The van der Waals surface area contributed by atoms with Crippen molar-refractivity contribution in [1.82, 2.24) is 4.90 Å². The van der Waals surface area contributed by atoms with E-state index in [1.165, 1.54) is 0 Å². The highest BCUT2D eigenvalue weighted by atomic mass is 16.3. The molecule has 3 nitrogen and oxygen atoms in total. The van der Waals surface area contributed by atoms with Crippen LogP contribution in [0.15, 0.2) is 0 Å². The first-order valence-electron chi connectivity index (χ1n) is 4.10. The summed E-state index contributed by atoms with van der Waals surface area (Å²) < 4.78 is 0. The number of Topliss-reactive ketones (excluding diaryl/α,β-unsaturated/α-hetero) is 1. The number of fused-ring (bicyclic) bond motifs is 2. The van der Waals surface area contributed by atoms with Gasteiger partial charge in [-0.3, -0.25) is 9.69 Å². The lowest BCUT2D eigenvalue weighted by Crippen LogP contribution is -2.42. The van der Waals surface area contributed by atoms with Gasteiger partial charge in [0.05, 0.1) is 6.10 Å². The van der Waals surface area contributed by atoms with E-state index in [2.05, 4.69) is 4.90 Å². The Morgan fingerprint density at radius 3 is 2.91 bits per heavy atom. The lowest BCUT2D eigenvalue weighted by molar-refractivity contribution is -0.123. The van der Waals surface area contributed by atoms with Gasteiger partial charge >= 0.3 is 0 Å². The smallest absolute Gasteiger partial charge is 0.136 e. The molecule has 0 saturated carbocycles. The molecule has 2 rings (SSSR count). The van der Waals surface area contributed by atoms with E-state index in [1.54, 1.807) is 0 Å². The lowest BCUT2D eigenvalue weighted by Gasteiger charge is -2.30. The molecular weight excluding hydrogens is 142 g/mol. The number of carbonyl (C=O) groups excluding carboxylic acids is 1. The highest BCUT2D eigenvalue weighted by Crippen LogP contribution is 2.32. The third-order valence-electron chi connectivity index (χ3n) is 2.96. The van der Waals surface area contributed by atoms with E-state index < -0.39 is 0 Å². The molecule has 0 aromatic rings. The Balaban J connectivity index is 2.20. The summed E-state index contributed by atoms with van der Waals surface area (Å²) in [6, 6.07) is 0.428. The summed E-state index contributed by atoms with van der Waals surface area (Å²) in [5.41, 5.74) is 0. The van der Waals surface area contributed by atoms with Crippen molar-refractivity contribution in [1.29, 1.82) is 0 Å². The molecular formula is C8H13NO2. The van der Waals surface area contributed by atoms with Gasteiger partial charge in [0.2, 0.25) is 0 Å². The Morgan fingerprint density at radius 1 is 1.55 bits per heavy atom. The molecule has 0 aliphatic carbocycles. The molecule has 1 unspecified atom stereocenters. The molecule has 3 atom stereocenters. The number of nitrogens with zero attached hydrogens (tertiary/aromatic N) is 1. The van der Waals surface area contributed by atoms with Crippen molar-refractivity contribution in [3.63, 3.8) is 0 Å². The summed E-state index contributed by atoms with van der Waals surface area (Å²) in [6.45, 7) is 0. The number of hydrogen-bond donors (Lipinski definition) is 1. The SMILES string of the molecule is CN1[C@@H]2CC(=O)C[C@H]1C(O)C2. The molecule has 2 saturated heterocycles. The standard InChI is InChI=1S/C8H13NO2/c1-9-5-2-6(10)4-7(9)8(11)3-5/h5,7-8,11H,2-4H2,1H3/t5-,7+,8?/m1/s1. The van der Waals surface area contributed by atoms with E-state index >= 15 is 0 Å². The zero-order valence-corrected chi connectivity index (χ0v) is 6.66. The second-order valence-corrected chi connectivity index (χ2v) is 3.64. The molecule has 11 heavy (non-hydrogen) atoms. The number of ketones is 1. The zero-order valence-electron chi connectivity index (χ0n) is 6.66. The molecule has 0 radical (unpaired) electrons. The first-order valence-corrected chi connectivity index (χ1v) is 4.10. The lowest BCUT2D eigenvalue weighted by atomic mass is 10.0. The van der Waals surface area contributed by atoms with E-state index in [1.807, 2.05) is 7.05 Å². The minimum atomic E-state index is -0.267. The van der Waals surface area contributed by atoms with Crippen LogP contribution in [0.2, 0.25) is 0 Å². The molecule has 0 aromatic heterocycles. The maximum Gasteiger partial charge on any atom is 0.136 e. The topological polar surface area (TPSA) is 40.5 Å². The highest BCUT2D eigenvalue weighted by molar-refractivity contribution is 5.81. The van der Waals surface area contributed by atoms with Crippen molar-refractivity contribution in [2.45, 2.75) is 37.5 Å². The molecule has 0 amide bonds. The number of rotatable bonds is 0. The molecule has 3 heteroatoms. The van der Waals surface area contributed by atoms with Crippen LogP contribution in [0.25, 0.3) is 0 Å². The van der Waals surface area contributed by atoms with Crippen LogP contribution in [0.4, 0.5) is 0 Å². The second-order valence-electron chi connectivity index (χ2n) is 3.64. The predicted octanol–water partition coefficient (Wildman–Crippen LogP) is -0.217. The molecule has 0 aromatic carbocycles. The van der Waals surface area contributed by atoms with Crippen molar-refractivity contribution in [3.8, 4) is 0 Å². The zero-order chi connectivity index (χ0) is 8.01. The average molecular weight is 155 g/mol. The second kappa shape index (κ2) is 2.29. The molecule has 2 aliphatic rings. The summed E-state index contributed by atoms with van der Waals surface area (Å²) in [6.07, 6.45) is 1.71. The first kappa shape index (κ1) is 7.25. The number of piperidine rings is 1. The fraction of sp³-hybridized carbons (Fsp3) is 0.875. The number of hydrogen-bond acceptors (Lipinski definition) is 3. The summed E-state index contributed by atoms with van der Waals surface area (Å²) in [7, 11) is 2.00. The summed E-state index contributed by atoms with van der Waals surface area (Å²) in [5.74, 6) is 0.314. The van der Waals surface area contributed by atoms with Crippen LogP contribution in [0.3, 0.4) is 0 Å². The van der Waals surface area contributed by atoms with Crippen molar-refractivity contribution in [2.75, 3.05) is 7.05 Å². The normalized spacial score (nSPS) is 44.9. The van der Waals surface area contributed by atoms with Gasteiger partial charge in [0.25, 0.3) is 0 Å². The molecule has 2 bridgehead atoms. The number of carbonyl (C=O) groups is 1. The van der Waals surface area contributed by atoms with Crippen LogP contribution in [0, 0.1) is 0 Å². The highest BCUT2D eigenvalue weighted by Gasteiger charge is 2.43. The maximum atomic E-state index is 11.1. The van der Waals surface area contributed by atoms with E-state index in [9.17, 15) is 9.90 Å². The van der Waals surface area contributed by atoms with Gasteiger partial charge in [-0.05, 0) is 13.5 Å². The Morgan fingerprint density at radius 2 is 2.27 bits per heavy atom. The van der Waals surface area contributed by atoms with E-state index in [-0.39, 0.29) is 12.1 Å². The maximum absolute atomic E-state index is 11.1. The number of aliphatic hydroxyl groups excluding tert-OH is 1. The van der Waals surface area contributed by atoms with Crippen LogP contribution < -0.4 is 0 Å². The van der Waals surface area contributed by atoms with Gasteiger partial charge in [-0.1, -0.05) is 0 Å². The van der Waals surface area contributed by atoms with Crippen molar-refractivity contribution < 1.29 is 9.90 Å². The minimum absolute atomic E-state index is 0.112. The van der Waals surface area contributed by atoms with E-state index in [0.29, 0.717) is 24.7 Å². The van der Waals surface area contributed by atoms with Gasteiger partial charge in [-0.25, -0.2) is 0 Å². The third-order valence-corrected chi connectivity index (χ3v) is 2.96. The van der Waals surface area contributed by atoms with Crippen molar-refractivity contribution in [3.05, 3.63) is 0 Å². The Bertz CT molecular complexity index is 193. The van der Waals surface area contributed by atoms with Gasteiger partial charge < -0.3 is 5.11 Å². The van der Waals surface area contributed by atoms with Gasteiger partial charge in [0.15, 0.2) is 0 Å². The summed E-state index contributed by atoms with van der Waals surface area (Å²) >= 11 is 0. The van der Waals surface area contributed by atoms with E-state index in [4.69, 9.17) is 0 Å². The van der Waals surface area contributed by atoms with Crippen LogP contribution in [-0.4, -0.2) is 41.0 Å². The largest absolute Gasteiger partial charge is 0.391 e. The molecule has 62 valence electrons. The number of aliphatic hydroxyl groups is 1. The van der Waals surface area contributed by atoms with Gasteiger partial charge in [-0.2, -0.15) is 0 Å². The van der Waals surface area contributed by atoms with Gasteiger partial charge in [0, 0.05) is 24.9 Å².